The molecular formula is C9H9IN4O. The lowest BCUT2D eigenvalue weighted by atomic mass is 10.3. The van der Waals surface area contributed by atoms with E-state index in [0.717, 1.165) is 9.32 Å². The number of ether oxygens (including phenoxy) is 1. The van der Waals surface area contributed by atoms with E-state index in [1.54, 1.807) is 7.05 Å². The summed E-state index contributed by atoms with van der Waals surface area (Å²) in [6, 6.07) is 7.81. The van der Waals surface area contributed by atoms with Crippen LogP contribution in [0.3, 0.4) is 0 Å². The highest BCUT2D eigenvalue weighted by Gasteiger charge is 2.01. The summed E-state index contributed by atoms with van der Waals surface area (Å²) in [6.45, 7) is 0.341. The van der Waals surface area contributed by atoms with Gasteiger partial charge in [0, 0.05) is 3.57 Å². The van der Waals surface area contributed by atoms with E-state index in [-0.39, 0.29) is 0 Å². The number of aryl methyl sites for hydroxylation is 1. The van der Waals surface area contributed by atoms with Crippen molar-refractivity contribution in [3.63, 3.8) is 0 Å². The highest BCUT2D eigenvalue weighted by molar-refractivity contribution is 14.1. The minimum absolute atomic E-state index is 0.341. The summed E-state index contributed by atoms with van der Waals surface area (Å²) in [5.74, 6) is 1.39. The van der Waals surface area contributed by atoms with Crippen LogP contribution in [-0.4, -0.2) is 20.2 Å². The first-order valence-corrected chi connectivity index (χ1v) is 5.43. The van der Waals surface area contributed by atoms with E-state index in [1.165, 1.54) is 4.80 Å². The zero-order valence-electron chi connectivity index (χ0n) is 8.09. The van der Waals surface area contributed by atoms with Gasteiger partial charge in [-0.05, 0) is 46.0 Å². The molecule has 1 aromatic heterocycles. The smallest absolute Gasteiger partial charge is 0.212 e. The summed E-state index contributed by atoms with van der Waals surface area (Å²) in [4.78, 5) is 1.41. The summed E-state index contributed by atoms with van der Waals surface area (Å²) in [7, 11) is 1.72. The molecular weight excluding hydrogens is 307 g/mol. The second kappa shape index (κ2) is 4.56. The molecule has 2 rings (SSSR count). The van der Waals surface area contributed by atoms with Gasteiger partial charge in [-0.3, -0.25) is 0 Å². The van der Waals surface area contributed by atoms with Crippen molar-refractivity contribution in [1.82, 2.24) is 20.2 Å². The molecule has 0 N–H and O–H groups in total. The second-order valence-corrected chi connectivity index (χ2v) is 4.19. The Morgan fingerprint density at radius 2 is 2.33 bits per heavy atom. The average molecular weight is 316 g/mol. The molecule has 0 aliphatic rings. The fourth-order valence-corrected chi connectivity index (χ4v) is 1.60. The summed E-state index contributed by atoms with van der Waals surface area (Å²) in [5.41, 5.74) is 0. The van der Waals surface area contributed by atoms with Crippen LogP contribution in [0, 0.1) is 3.57 Å². The zero-order valence-corrected chi connectivity index (χ0v) is 10.2. The Hall–Kier alpha value is -1.18. The van der Waals surface area contributed by atoms with Gasteiger partial charge in [0.25, 0.3) is 0 Å². The fraction of sp³-hybridized carbons (Fsp3) is 0.222. The van der Waals surface area contributed by atoms with E-state index in [9.17, 15) is 0 Å². The Balaban J connectivity index is 1.99. The fourth-order valence-electron chi connectivity index (χ4n) is 1.09. The first kappa shape index (κ1) is 10.3. The van der Waals surface area contributed by atoms with Crippen LogP contribution in [0.25, 0.3) is 0 Å². The van der Waals surface area contributed by atoms with Crippen LogP contribution < -0.4 is 4.74 Å². The number of tetrazole rings is 1. The lowest BCUT2D eigenvalue weighted by Crippen LogP contribution is -1.99. The molecule has 0 saturated heterocycles. The quantitative estimate of drug-likeness (QED) is 0.803. The van der Waals surface area contributed by atoms with Gasteiger partial charge in [-0.25, -0.2) is 0 Å². The van der Waals surface area contributed by atoms with Crippen molar-refractivity contribution < 1.29 is 4.74 Å². The number of hydrogen-bond donors (Lipinski definition) is 0. The lowest BCUT2D eigenvalue weighted by molar-refractivity contribution is 0.295. The van der Waals surface area contributed by atoms with Gasteiger partial charge in [-0.15, -0.1) is 10.2 Å². The Morgan fingerprint density at radius 1 is 1.47 bits per heavy atom. The van der Waals surface area contributed by atoms with Crippen molar-refractivity contribution in [2.24, 2.45) is 7.05 Å². The third kappa shape index (κ3) is 2.88. The van der Waals surface area contributed by atoms with Crippen LogP contribution in [0.5, 0.6) is 5.75 Å². The second-order valence-electron chi connectivity index (χ2n) is 2.94. The number of aromatic nitrogens is 4. The van der Waals surface area contributed by atoms with Gasteiger partial charge in [0.05, 0.1) is 7.05 Å². The standard InChI is InChI=1S/C9H9IN4O/c1-14-12-9(11-13-14)6-15-8-4-2-3-7(10)5-8/h2-5H,6H2,1H3. The van der Waals surface area contributed by atoms with Crippen molar-refractivity contribution in [2.45, 2.75) is 6.61 Å². The lowest BCUT2D eigenvalue weighted by Gasteiger charge is -2.02. The zero-order chi connectivity index (χ0) is 10.7. The molecule has 15 heavy (non-hydrogen) atoms. The Labute approximate surface area is 101 Å². The maximum absolute atomic E-state index is 5.50. The van der Waals surface area contributed by atoms with Gasteiger partial charge >= 0.3 is 0 Å². The van der Waals surface area contributed by atoms with Crippen molar-refractivity contribution in [3.05, 3.63) is 33.7 Å². The predicted molar refractivity (Wildman–Crippen MR) is 62.3 cm³/mol. The molecule has 2 aromatic rings. The van der Waals surface area contributed by atoms with Gasteiger partial charge in [0.15, 0.2) is 6.61 Å². The third-order valence-electron chi connectivity index (χ3n) is 1.71. The van der Waals surface area contributed by atoms with Crippen molar-refractivity contribution >= 4 is 22.6 Å². The van der Waals surface area contributed by atoms with Crippen molar-refractivity contribution in [2.75, 3.05) is 0 Å². The average Bonchev–Trinajstić information content (AvgIpc) is 2.62. The van der Waals surface area contributed by atoms with E-state index in [4.69, 9.17) is 4.74 Å². The first-order chi connectivity index (χ1) is 7.24. The van der Waals surface area contributed by atoms with E-state index < -0.39 is 0 Å². The van der Waals surface area contributed by atoms with Crippen LogP contribution >= 0.6 is 22.6 Å². The molecule has 0 saturated carbocycles. The summed E-state index contributed by atoms with van der Waals surface area (Å²) in [6.07, 6.45) is 0. The Kier molecular flexibility index (Phi) is 3.14. The van der Waals surface area contributed by atoms with E-state index >= 15 is 0 Å². The molecule has 6 heteroatoms. The SMILES string of the molecule is Cn1nnc(COc2cccc(I)c2)n1. The number of benzene rings is 1. The molecule has 0 bridgehead atoms. The molecule has 0 aliphatic heterocycles. The highest BCUT2D eigenvalue weighted by atomic mass is 127. The van der Waals surface area contributed by atoms with E-state index in [0.29, 0.717) is 12.4 Å². The van der Waals surface area contributed by atoms with Crippen LogP contribution in [0.4, 0.5) is 0 Å². The van der Waals surface area contributed by atoms with Gasteiger partial charge in [-0.1, -0.05) is 6.07 Å². The van der Waals surface area contributed by atoms with Crippen molar-refractivity contribution in [3.8, 4) is 5.75 Å². The van der Waals surface area contributed by atoms with Crippen LogP contribution in [0.2, 0.25) is 0 Å². The molecule has 1 aromatic carbocycles. The Bertz CT molecular complexity index is 457. The maximum Gasteiger partial charge on any atom is 0.212 e. The van der Waals surface area contributed by atoms with Crippen LogP contribution in [0.15, 0.2) is 24.3 Å². The molecule has 0 unspecified atom stereocenters. The van der Waals surface area contributed by atoms with Gasteiger partial charge in [0.2, 0.25) is 5.82 Å². The molecule has 5 nitrogen and oxygen atoms in total. The minimum atomic E-state index is 0.341. The first-order valence-electron chi connectivity index (χ1n) is 4.35. The van der Waals surface area contributed by atoms with Gasteiger partial charge in [0.1, 0.15) is 5.75 Å². The summed E-state index contributed by atoms with van der Waals surface area (Å²) in [5, 5.41) is 11.6. The predicted octanol–water partition coefficient (Wildman–Crippen LogP) is 1.39. The molecule has 0 radical (unpaired) electrons. The van der Waals surface area contributed by atoms with Crippen LogP contribution in [-0.2, 0) is 13.7 Å². The number of nitrogens with zero attached hydrogens (tertiary/aromatic N) is 4. The largest absolute Gasteiger partial charge is 0.485 e. The molecule has 78 valence electrons. The van der Waals surface area contributed by atoms with E-state index in [1.807, 2.05) is 24.3 Å². The highest BCUT2D eigenvalue weighted by Crippen LogP contribution is 2.15. The van der Waals surface area contributed by atoms with E-state index in [2.05, 4.69) is 38.0 Å². The topological polar surface area (TPSA) is 52.8 Å². The van der Waals surface area contributed by atoms with Crippen LogP contribution in [0.1, 0.15) is 5.82 Å². The normalized spacial score (nSPS) is 10.3. The summed E-state index contributed by atoms with van der Waals surface area (Å²) >= 11 is 2.24. The summed E-state index contributed by atoms with van der Waals surface area (Å²) < 4.78 is 6.64. The monoisotopic (exact) mass is 316 g/mol. The number of hydrogen-bond acceptors (Lipinski definition) is 4. The maximum atomic E-state index is 5.50. The van der Waals surface area contributed by atoms with Gasteiger partial charge in [-0.2, -0.15) is 4.80 Å². The molecule has 1 heterocycles. The molecule has 0 fully saturated rings. The molecule has 0 aliphatic carbocycles. The molecule has 0 atom stereocenters. The minimum Gasteiger partial charge on any atom is -0.485 e. The van der Waals surface area contributed by atoms with Crippen molar-refractivity contribution in [1.29, 1.82) is 0 Å². The molecule has 0 spiro atoms. The number of halogens is 1. The van der Waals surface area contributed by atoms with Gasteiger partial charge < -0.3 is 4.74 Å². The molecule has 0 amide bonds. The number of rotatable bonds is 3. The third-order valence-corrected chi connectivity index (χ3v) is 2.38. The Morgan fingerprint density at radius 3 is 3.00 bits per heavy atom.